The zero-order chi connectivity index (χ0) is 27.4. The van der Waals surface area contributed by atoms with Gasteiger partial charge in [0, 0.05) is 25.1 Å². The number of carbonyl (C=O) groups is 4. The molecule has 1 atom stereocenters. The second-order valence-corrected chi connectivity index (χ2v) is 9.56. The van der Waals surface area contributed by atoms with Crippen LogP contribution in [0.2, 0.25) is 5.02 Å². The minimum absolute atomic E-state index is 0.00292. The number of nitro groups is 1. The Balaban J connectivity index is 1.63. The molecule has 3 amide bonds. The summed E-state index contributed by atoms with van der Waals surface area (Å²) in [6, 6.07) is 8.55. The number of rotatable bonds is 8. The van der Waals surface area contributed by atoms with Crippen molar-refractivity contribution in [3.63, 3.8) is 0 Å². The van der Waals surface area contributed by atoms with E-state index in [2.05, 4.69) is 6.08 Å². The van der Waals surface area contributed by atoms with Gasteiger partial charge in [-0.1, -0.05) is 23.3 Å². The fraction of sp³-hybridized carbons (Fsp3) is 0.333. The third kappa shape index (κ3) is 5.91. The van der Waals surface area contributed by atoms with Gasteiger partial charge in [-0.05, 0) is 68.5 Å². The molecule has 11 heteroatoms. The summed E-state index contributed by atoms with van der Waals surface area (Å²) >= 11 is 5.93. The summed E-state index contributed by atoms with van der Waals surface area (Å²) in [7, 11) is 0. The molecule has 0 aromatic heterocycles. The smallest absolute Gasteiger partial charge is 0.308 e. The van der Waals surface area contributed by atoms with Crippen molar-refractivity contribution in [2.24, 2.45) is 0 Å². The largest absolute Gasteiger partial charge is 0.427 e. The summed E-state index contributed by atoms with van der Waals surface area (Å²) in [5.41, 5.74) is 1.03. The highest BCUT2D eigenvalue weighted by Crippen LogP contribution is 2.31. The Morgan fingerprint density at radius 2 is 1.89 bits per heavy atom. The van der Waals surface area contributed by atoms with Gasteiger partial charge in [0.15, 0.2) is 0 Å². The summed E-state index contributed by atoms with van der Waals surface area (Å²) in [4.78, 5) is 64.4. The van der Waals surface area contributed by atoms with Gasteiger partial charge in [-0.3, -0.25) is 29.3 Å². The van der Waals surface area contributed by atoms with E-state index in [4.69, 9.17) is 16.3 Å². The average molecular weight is 540 g/mol. The zero-order valence-corrected chi connectivity index (χ0v) is 21.5. The lowest BCUT2D eigenvalue weighted by Crippen LogP contribution is -2.46. The van der Waals surface area contributed by atoms with E-state index in [1.807, 2.05) is 0 Å². The molecule has 1 heterocycles. The van der Waals surface area contributed by atoms with Crippen molar-refractivity contribution >= 4 is 46.7 Å². The number of esters is 1. The summed E-state index contributed by atoms with van der Waals surface area (Å²) in [5.74, 6) is -1.91. The van der Waals surface area contributed by atoms with E-state index in [0.29, 0.717) is 6.42 Å². The number of nitro benzene ring substituents is 1. The van der Waals surface area contributed by atoms with Crippen molar-refractivity contribution in [1.82, 2.24) is 4.90 Å². The van der Waals surface area contributed by atoms with Crippen molar-refractivity contribution < 1.29 is 28.8 Å². The van der Waals surface area contributed by atoms with Gasteiger partial charge in [0.2, 0.25) is 5.91 Å². The van der Waals surface area contributed by atoms with Crippen LogP contribution < -0.4 is 9.64 Å². The van der Waals surface area contributed by atoms with Crippen LogP contribution in [-0.4, -0.2) is 46.1 Å². The number of amides is 3. The molecule has 1 fully saturated rings. The molecule has 0 N–H and O–H groups in total. The van der Waals surface area contributed by atoms with Crippen molar-refractivity contribution in [3.8, 4) is 5.75 Å². The highest BCUT2D eigenvalue weighted by molar-refractivity contribution is 6.32. The third-order valence-corrected chi connectivity index (χ3v) is 6.88. The van der Waals surface area contributed by atoms with E-state index >= 15 is 0 Å². The number of allylic oxidation sites excluding steroid dienone is 1. The second-order valence-electron chi connectivity index (χ2n) is 9.15. The second kappa shape index (κ2) is 11.6. The molecule has 0 bridgehead atoms. The SMILES string of the molecule is CC(=O)Oc1ccc(N2C(=O)CC(N(CCC3=CCCCC3)C(=O)c3ccc(Cl)c([N+](=O)[O-])c3)C2=O)cc1. The molecule has 1 aliphatic heterocycles. The predicted molar refractivity (Wildman–Crippen MR) is 139 cm³/mol. The van der Waals surface area contributed by atoms with Gasteiger partial charge in [-0.2, -0.15) is 0 Å². The number of anilines is 1. The molecule has 0 radical (unpaired) electrons. The number of halogens is 1. The number of hydrogen-bond donors (Lipinski definition) is 0. The van der Waals surface area contributed by atoms with Crippen molar-refractivity contribution in [3.05, 3.63) is 74.8 Å². The van der Waals surface area contributed by atoms with Crippen LogP contribution in [-0.2, 0) is 14.4 Å². The van der Waals surface area contributed by atoms with Crippen LogP contribution in [0.5, 0.6) is 5.75 Å². The molecule has 1 saturated heterocycles. The van der Waals surface area contributed by atoms with Crippen LogP contribution >= 0.6 is 11.6 Å². The Labute approximate surface area is 223 Å². The normalized spacial score (nSPS) is 17.3. The third-order valence-electron chi connectivity index (χ3n) is 6.57. The Kier molecular flexibility index (Phi) is 8.21. The lowest BCUT2D eigenvalue weighted by Gasteiger charge is -2.28. The van der Waals surface area contributed by atoms with E-state index in [1.54, 1.807) is 0 Å². The topological polar surface area (TPSA) is 127 Å². The van der Waals surface area contributed by atoms with Gasteiger partial charge in [-0.15, -0.1) is 0 Å². The molecule has 4 rings (SSSR count). The van der Waals surface area contributed by atoms with E-state index < -0.39 is 40.3 Å². The quantitative estimate of drug-likeness (QED) is 0.117. The fourth-order valence-corrected chi connectivity index (χ4v) is 4.89. The van der Waals surface area contributed by atoms with Crippen molar-refractivity contribution in [2.45, 2.75) is 51.5 Å². The summed E-state index contributed by atoms with van der Waals surface area (Å²) < 4.78 is 5.01. The minimum atomic E-state index is -1.08. The highest BCUT2D eigenvalue weighted by Gasteiger charge is 2.44. The Morgan fingerprint density at radius 1 is 1.16 bits per heavy atom. The number of ether oxygens (including phenoxy) is 1. The number of benzene rings is 2. The molecule has 1 aliphatic carbocycles. The zero-order valence-electron chi connectivity index (χ0n) is 20.7. The monoisotopic (exact) mass is 539 g/mol. The van der Waals surface area contributed by atoms with Gasteiger partial charge >= 0.3 is 5.97 Å². The van der Waals surface area contributed by atoms with Gasteiger partial charge < -0.3 is 9.64 Å². The highest BCUT2D eigenvalue weighted by atomic mass is 35.5. The lowest BCUT2D eigenvalue weighted by atomic mass is 9.96. The maximum absolute atomic E-state index is 13.6. The van der Waals surface area contributed by atoms with E-state index in [-0.39, 0.29) is 35.0 Å². The van der Waals surface area contributed by atoms with Gasteiger partial charge in [-0.25, -0.2) is 4.90 Å². The van der Waals surface area contributed by atoms with Crippen LogP contribution in [0.4, 0.5) is 11.4 Å². The molecule has 0 spiro atoms. The van der Waals surface area contributed by atoms with Crippen molar-refractivity contribution in [1.29, 1.82) is 0 Å². The van der Waals surface area contributed by atoms with Gasteiger partial charge in [0.05, 0.1) is 17.0 Å². The molecule has 2 aromatic rings. The molecular weight excluding hydrogens is 514 g/mol. The Bertz CT molecular complexity index is 1320. The molecule has 0 saturated carbocycles. The first-order valence-corrected chi connectivity index (χ1v) is 12.6. The summed E-state index contributed by atoms with van der Waals surface area (Å²) in [5, 5.41) is 11.3. The van der Waals surface area contributed by atoms with Crippen LogP contribution in [0.15, 0.2) is 54.1 Å². The first-order valence-electron chi connectivity index (χ1n) is 12.2. The molecule has 198 valence electrons. The van der Waals surface area contributed by atoms with E-state index in [9.17, 15) is 29.3 Å². The molecule has 2 aliphatic rings. The van der Waals surface area contributed by atoms with Crippen molar-refractivity contribution in [2.75, 3.05) is 11.4 Å². The predicted octanol–water partition coefficient (Wildman–Crippen LogP) is 4.84. The Hall–Kier alpha value is -4.05. The average Bonchev–Trinajstić information content (AvgIpc) is 3.18. The van der Waals surface area contributed by atoms with E-state index in [1.165, 1.54) is 53.8 Å². The van der Waals surface area contributed by atoms with Crippen LogP contribution in [0.1, 0.15) is 55.8 Å². The maximum atomic E-state index is 13.6. The molecule has 1 unspecified atom stereocenters. The minimum Gasteiger partial charge on any atom is -0.427 e. The lowest BCUT2D eigenvalue weighted by molar-refractivity contribution is -0.384. The van der Waals surface area contributed by atoms with Gasteiger partial charge in [0.25, 0.3) is 17.5 Å². The number of carbonyl (C=O) groups excluding carboxylic acids is 4. The number of imide groups is 1. The molecule has 10 nitrogen and oxygen atoms in total. The number of nitrogens with zero attached hydrogens (tertiary/aromatic N) is 3. The molecule has 2 aromatic carbocycles. The fourth-order valence-electron chi connectivity index (χ4n) is 4.71. The number of hydrogen-bond acceptors (Lipinski definition) is 7. The first-order chi connectivity index (χ1) is 18.2. The molecule has 38 heavy (non-hydrogen) atoms. The van der Waals surface area contributed by atoms with Crippen LogP contribution in [0.25, 0.3) is 0 Å². The van der Waals surface area contributed by atoms with Gasteiger partial charge in [0.1, 0.15) is 16.8 Å². The van der Waals surface area contributed by atoms with Crippen LogP contribution in [0, 0.1) is 10.1 Å². The Morgan fingerprint density at radius 3 is 2.53 bits per heavy atom. The first kappa shape index (κ1) is 27.0. The summed E-state index contributed by atoms with van der Waals surface area (Å²) in [6.45, 7) is 1.43. The maximum Gasteiger partial charge on any atom is 0.308 e. The van der Waals surface area contributed by atoms with E-state index in [0.717, 1.165) is 36.6 Å². The summed E-state index contributed by atoms with van der Waals surface area (Å²) in [6.07, 6.45) is 6.42. The van der Waals surface area contributed by atoms with Crippen LogP contribution in [0.3, 0.4) is 0 Å². The standard InChI is InChI=1S/C27H26ClN3O7/c1-17(32)38-21-10-8-20(9-11-21)30-25(33)16-24(27(30)35)29(14-13-18-5-3-2-4-6-18)26(34)19-7-12-22(28)23(15-19)31(36)37/h5,7-12,15,24H,2-4,6,13-14,16H2,1H3. The molecular formula is C27H26ClN3O7.